The van der Waals surface area contributed by atoms with Crippen LogP contribution < -0.4 is 14.8 Å². The van der Waals surface area contributed by atoms with E-state index in [2.05, 4.69) is 6.92 Å². The number of halogens is 3. The average molecular weight is 483 g/mol. The summed E-state index contributed by atoms with van der Waals surface area (Å²) < 4.78 is 45.0. The number of amides is 1. The van der Waals surface area contributed by atoms with Crippen molar-refractivity contribution in [2.75, 3.05) is 19.7 Å². The van der Waals surface area contributed by atoms with E-state index in [0.29, 0.717) is 24.6 Å². The normalized spacial score (nSPS) is 16.3. The number of carbonyl (C=O) groups excluding carboxylic acids is 2. The quantitative estimate of drug-likeness (QED) is 0.614. The molecule has 0 aliphatic carbocycles. The lowest BCUT2D eigenvalue weighted by atomic mass is 9.99. The van der Waals surface area contributed by atoms with Gasteiger partial charge in [0.05, 0.1) is 22.8 Å². The van der Waals surface area contributed by atoms with Gasteiger partial charge >= 0.3 is 12.1 Å². The molecule has 178 valence electrons. The van der Waals surface area contributed by atoms with Crippen LogP contribution >= 0.6 is 11.3 Å². The van der Waals surface area contributed by atoms with E-state index in [4.69, 9.17) is 4.74 Å². The van der Waals surface area contributed by atoms with Gasteiger partial charge in [0.25, 0.3) is 5.56 Å². The maximum absolute atomic E-state index is 13.0. The Kier molecular flexibility index (Phi) is 7.78. The first-order valence-electron chi connectivity index (χ1n) is 10.6. The SMILES string of the molecule is CCOC(=O)C=c1sc(=Cc2ccc(C(F)(F)F)cc2)c(=O)n1CC(=O)N1CCC(C)CC1. The second-order valence-electron chi connectivity index (χ2n) is 7.92. The van der Waals surface area contributed by atoms with Crippen molar-refractivity contribution >= 4 is 35.4 Å². The summed E-state index contributed by atoms with van der Waals surface area (Å²) in [7, 11) is 0. The number of aromatic nitrogens is 1. The summed E-state index contributed by atoms with van der Waals surface area (Å²) in [6, 6.07) is 4.40. The van der Waals surface area contributed by atoms with Crippen LogP contribution in [-0.2, 0) is 27.0 Å². The standard InChI is InChI=1S/C23H25F3N2O4S/c1-3-32-21(30)13-20-28(14-19(29)27-10-8-15(2)9-11-27)22(31)18(33-20)12-16-4-6-17(7-5-16)23(24,25)26/h4-7,12-13,15H,3,8-11,14H2,1-2H3. The number of thiazole rings is 1. The summed E-state index contributed by atoms with van der Waals surface area (Å²) in [5.74, 6) is -0.329. The van der Waals surface area contributed by atoms with Crippen molar-refractivity contribution in [2.24, 2.45) is 5.92 Å². The lowest BCUT2D eigenvalue weighted by molar-refractivity contribution is -0.137. The average Bonchev–Trinajstić information content (AvgIpc) is 3.02. The number of ether oxygens (including phenoxy) is 1. The second-order valence-corrected chi connectivity index (χ2v) is 8.98. The molecule has 0 N–H and O–H groups in total. The van der Waals surface area contributed by atoms with Gasteiger partial charge in [0.15, 0.2) is 0 Å². The van der Waals surface area contributed by atoms with Gasteiger partial charge in [-0.15, -0.1) is 11.3 Å². The Bertz CT molecular complexity index is 1170. The number of hydrogen-bond donors (Lipinski definition) is 0. The zero-order valence-electron chi connectivity index (χ0n) is 18.4. The molecule has 1 aliphatic heterocycles. The van der Waals surface area contributed by atoms with Gasteiger partial charge < -0.3 is 9.64 Å². The number of rotatable bonds is 5. The van der Waals surface area contributed by atoms with Gasteiger partial charge in [0.1, 0.15) is 11.2 Å². The number of alkyl halides is 3. The Morgan fingerprint density at radius 3 is 2.39 bits per heavy atom. The van der Waals surface area contributed by atoms with Gasteiger partial charge in [-0.25, -0.2) is 4.79 Å². The minimum atomic E-state index is -4.46. The van der Waals surface area contributed by atoms with Crippen LogP contribution in [0.4, 0.5) is 13.2 Å². The van der Waals surface area contributed by atoms with E-state index in [-0.39, 0.29) is 28.3 Å². The minimum absolute atomic E-state index is 0.153. The van der Waals surface area contributed by atoms with Crippen molar-refractivity contribution in [1.29, 1.82) is 0 Å². The van der Waals surface area contributed by atoms with Gasteiger partial charge in [0.2, 0.25) is 5.91 Å². The highest BCUT2D eigenvalue weighted by Gasteiger charge is 2.29. The molecule has 3 rings (SSSR count). The third kappa shape index (κ3) is 6.34. The molecule has 1 saturated heterocycles. The molecule has 0 saturated carbocycles. The molecular formula is C23H25F3N2O4S. The fourth-order valence-corrected chi connectivity index (χ4v) is 4.52. The first-order valence-corrected chi connectivity index (χ1v) is 11.4. The molecule has 10 heteroatoms. The maximum Gasteiger partial charge on any atom is 0.416 e. The van der Waals surface area contributed by atoms with E-state index in [0.717, 1.165) is 42.4 Å². The molecule has 1 amide bonds. The fraction of sp³-hybridized carbons (Fsp3) is 0.435. The molecule has 0 bridgehead atoms. The third-order valence-electron chi connectivity index (χ3n) is 5.43. The van der Waals surface area contributed by atoms with E-state index < -0.39 is 23.3 Å². The van der Waals surface area contributed by atoms with Crippen LogP contribution in [0.15, 0.2) is 29.1 Å². The van der Waals surface area contributed by atoms with Crippen LogP contribution in [-0.4, -0.2) is 41.0 Å². The lowest BCUT2D eigenvalue weighted by Crippen LogP contribution is -2.43. The van der Waals surface area contributed by atoms with Crippen molar-refractivity contribution in [2.45, 2.75) is 39.4 Å². The van der Waals surface area contributed by atoms with E-state index in [1.165, 1.54) is 22.8 Å². The first kappa shape index (κ1) is 24.8. The van der Waals surface area contributed by atoms with Gasteiger partial charge in [-0.3, -0.25) is 14.2 Å². The molecule has 33 heavy (non-hydrogen) atoms. The largest absolute Gasteiger partial charge is 0.463 e. The lowest BCUT2D eigenvalue weighted by Gasteiger charge is -2.30. The van der Waals surface area contributed by atoms with E-state index in [1.54, 1.807) is 11.8 Å². The Labute approximate surface area is 192 Å². The molecular weight excluding hydrogens is 457 g/mol. The molecule has 1 aromatic carbocycles. The summed E-state index contributed by atoms with van der Waals surface area (Å²) >= 11 is 0.979. The summed E-state index contributed by atoms with van der Waals surface area (Å²) in [6.07, 6.45) is -0.0783. The zero-order chi connectivity index (χ0) is 24.2. The van der Waals surface area contributed by atoms with Gasteiger partial charge in [0, 0.05) is 13.1 Å². The van der Waals surface area contributed by atoms with Gasteiger partial charge in [-0.2, -0.15) is 13.2 Å². The molecule has 0 atom stereocenters. The Morgan fingerprint density at radius 2 is 1.82 bits per heavy atom. The number of nitrogens with zero attached hydrogens (tertiary/aromatic N) is 2. The Balaban J connectivity index is 1.98. The summed E-state index contributed by atoms with van der Waals surface area (Å²) in [5.41, 5.74) is -0.886. The van der Waals surface area contributed by atoms with Crippen LogP contribution in [0.25, 0.3) is 12.2 Å². The zero-order valence-corrected chi connectivity index (χ0v) is 19.2. The predicted molar refractivity (Wildman–Crippen MR) is 119 cm³/mol. The summed E-state index contributed by atoms with van der Waals surface area (Å²) in [6.45, 7) is 4.93. The third-order valence-corrected chi connectivity index (χ3v) is 6.49. The molecule has 1 aliphatic rings. The topological polar surface area (TPSA) is 68.6 Å². The number of benzene rings is 1. The molecule has 0 unspecified atom stereocenters. The maximum atomic E-state index is 13.0. The molecule has 6 nitrogen and oxygen atoms in total. The molecule has 1 aromatic heterocycles. The van der Waals surface area contributed by atoms with Crippen molar-refractivity contribution in [1.82, 2.24) is 9.47 Å². The molecule has 0 spiro atoms. The highest BCUT2D eigenvalue weighted by molar-refractivity contribution is 7.07. The van der Waals surface area contributed by atoms with Crippen LogP contribution in [0.2, 0.25) is 0 Å². The Hall–Kier alpha value is -2.88. The smallest absolute Gasteiger partial charge is 0.416 e. The van der Waals surface area contributed by atoms with E-state index in [9.17, 15) is 27.6 Å². The highest BCUT2D eigenvalue weighted by atomic mass is 32.1. The molecule has 0 radical (unpaired) electrons. The second kappa shape index (κ2) is 10.4. The van der Waals surface area contributed by atoms with Gasteiger partial charge in [-0.05, 0) is 49.5 Å². The first-order chi connectivity index (χ1) is 15.6. The number of likely N-dealkylation sites (tertiary alicyclic amines) is 1. The highest BCUT2D eigenvalue weighted by Crippen LogP contribution is 2.29. The van der Waals surface area contributed by atoms with Crippen LogP contribution in [0.1, 0.15) is 37.8 Å². The predicted octanol–water partition coefficient (Wildman–Crippen LogP) is 2.36. The molecule has 1 fully saturated rings. The summed E-state index contributed by atoms with van der Waals surface area (Å²) in [4.78, 5) is 39.6. The van der Waals surface area contributed by atoms with Crippen LogP contribution in [0.3, 0.4) is 0 Å². The number of piperidine rings is 1. The van der Waals surface area contributed by atoms with Crippen molar-refractivity contribution in [3.63, 3.8) is 0 Å². The van der Waals surface area contributed by atoms with Crippen LogP contribution in [0.5, 0.6) is 0 Å². The summed E-state index contributed by atoms with van der Waals surface area (Å²) in [5, 5.41) is 0. The van der Waals surface area contributed by atoms with Gasteiger partial charge in [-0.1, -0.05) is 19.1 Å². The number of esters is 1. The Morgan fingerprint density at radius 1 is 1.18 bits per heavy atom. The number of hydrogen-bond acceptors (Lipinski definition) is 5. The fourth-order valence-electron chi connectivity index (χ4n) is 3.49. The van der Waals surface area contributed by atoms with Crippen molar-refractivity contribution in [3.05, 3.63) is 54.9 Å². The van der Waals surface area contributed by atoms with E-state index >= 15 is 0 Å². The van der Waals surface area contributed by atoms with Crippen molar-refractivity contribution in [3.8, 4) is 0 Å². The number of carbonyl (C=O) groups is 2. The van der Waals surface area contributed by atoms with E-state index in [1.807, 2.05) is 0 Å². The van der Waals surface area contributed by atoms with Crippen molar-refractivity contribution < 1.29 is 27.5 Å². The minimum Gasteiger partial charge on any atom is -0.463 e. The monoisotopic (exact) mass is 482 g/mol. The molecule has 2 aromatic rings. The van der Waals surface area contributed by atoms with Crippen LogP contribution in [0, 0.1) is 5.92 Å². The molecule has 2 heterocycles.